The van der Waals surface area contributed by atoms with E-state index < -0.39 is 0 Å². The minimum atomic E-state index is 0.133. The zero-order valence-corrected chi connectivity index (χ0v) is 12.6. The van der Waals surface area contributed by atoms with Gasteiger partial charge < -0.3 is 10.6 Å². The fourth-order valence-electron chi connectivity index (χ4n) is 4.12. The van der Waals surface area contributed by atoms with Crippen molar-refractivity contribution in [2.45, 2.75) is 50.2 Å². The van der Waals surface area contributed by atoms with E-state index in [2.05, 4.69) is 20.4 Å². The second kappa shape index (κ2) is 6.41. The largest absolute Gasteiger partial charge is 0.358 e. The number of carbonyl (C=O) groups excluding carboxylic acids is 1. The normalized spacial score (nSPS) is 32.5. The van der Waals surface area contributed by atoms with Gasteiger partial charge in [-0.15, -0.1) is 0 Å². The summed E-state index contributed by atoms with van der Waals surface area (Å²) in [7, 11) is 1.71. The Labute approximate surface area is 122 Å². The number of hydrogen-bond donors (Lipinski definition) is 2. The maximum atomic E-state index is 11.4. The van der Waals surface area contributed by atoms with Crippen LogP contribution in [0.4, 0.5) is 0 Å². The van der Waals surface area contributed by atoms with Gasteiger partial charge in [-0.2, -0.15) is 0 Å². The number of nitrogens with zero attached hydrogens (tertiary/aromatic N) is 2. The summed E-state index contributed by atoms with van der Waals surface area (Å²) < 4.78 is 0. The van der Waals surface area contributed by atoms with Crippen molar-refractivity contribution < 1.29 is 4.79 Å². The molecule has 5 heteroatoms. The lowest BCUT2D eigenvalue weighted by atomic mass is 10.0. The summed E-state index contributed by atoms with van der Waals surface area (Å²) >= 11 is 0. The molecule has 3 fully saturated rings. The molecule has 3 rings (SSSR count). The van der Waals surface area contributed by atoms with Crippen LogP contribution in [0, 0.1) is 0 Å². The third kappa shape index (κ3) is 3.15. The Morgan fingerprint density at radius 2 is 1.90 bits per heavy atom. The van der Waals surface area contributed by atoms with Gasteiger partial charge in [-0.3, -0.25) is 14.6 Å². The lowest BCUT2D eigenvalue weighted by Gasteiger charge is -2.34. The van der Waals surface area contributed by atoms with Crippen molar-refractivity contribution in [3.05, 3.63) is 0 Å². The van der Waals surface area contributed by atoms with E-state index in [1.54, 1.807) is 7.05 Å². The van der Waals surface area contributed by atoms with Crippen molar-refractivity contribution in [2.24, 2.45) is 0 Å². The van der Waals surface area contributed by atoms with Crippen LogP contribution in [-0.2, 0) is 4.79 Å². The molecule has 3 heterocycles. The second-order valence-electron chi connectivity index (χ2n) is 6.53. The molecule has 5 nitrogen and oxygen atoms in total. The molecule has 20 heavy (non-hydrogen) atoms. The molecular weight excluding hydrogens is 252 g/mol. The predicted octanol–water partition coefficient (Wildman–Crippen LogP) is 0.0231. The van der Waals surface area contributed by atoms with E-state index >= 15 is 0 Å². The number of likely N-dealkylation sites (tertiary alicyclic amines) is 1. The monoisotopic (exact) mass is 280 g/mol. The number of carbonyl (C=O) groups is 1. The highest BCUT2D eigenvalue weighted by molar-refractivity contribution is 5.77. The van der Waals surface area contributed by atoms with Crippen LogP contribution in [-0.4, -0.2) is 73.6 Å². The third-order valence-corrected chi connectivity index (χ3v) is 5.29. The number of amides is 1. The lowest BCUT2D eigenvalue weighted by molar-refractivity contribution is -0.122. The van der Waals surface area contributed by atoms with Crippen LogP contribution in [0.25, 0.3) is 0 Å². The number of hydrogen-bond acceptors (Lipinski definition) is 4. The SMILES string of the molecule is CNC(=O)CN1CCC(NC2CCN3CCCC23)CC1. The Hall–Kier alpha value is -0.650. The molecule has 3 aliphatic heterocycles. The second-order valence-corrected chi connectivity index (χ2v) is 6.53. The minimum absolute atomic E-state index is 0.133. The predicted molar refractivity (Wildman–Crippen MR) is 79.7 cm³/mol. The summed E-state index contributed by atoms with van der Waals surface area (Å²) in [5.74, 6) is 0.133. The maximum absolute atomic E-state index is 11.4. The van der Waals surface area contributed by atoms with Crippen molar-refractivity contribution in [1.29, 1.82) is 0 Å². The summed E-state index contributed by atoms with van der Waals surface area (Å²) in [6.07, 6.45) is 6.45. The van der Waals surface area contributed by atoms with Crippen LogP contribution < -0.4 is 10.6 Å². The number of rotatable bonds is 4. The quantitative estimate of drug-likeness (QED) is 0.762. The van der Waals surface area contributed by atoms with Crippen LogP contribution in [0.2, 0.25) is 0 Å². The van der Waals surface area contributed by atoms with Crippen LogP contribution >= 0.6 is 0 Å². The van der Waals surface area contributed by atoms with E-state index in [0.717, 1.165) is 19.1 Å². The van der Waals surface area contributed by atoms with Crippen molar-refractivity contribution >= 4 is 5.91 Å². The Balaban J connectivity index is 1.41. The van der Waals surface area contributed by atoms with Gasteiger partial charge in [-0.25, -0.2) is 0 Å². The van der Waals surface area contributed by atoms with E-state index in [4.69, 9.17) is 0 Å². The average Bonchev–Trinajstić information content (AvgIpc) is 3.06. The minimum Gasteiger partial charge on any atom is -0.358 e. The fourth-order valence-corrected chi connectivity index (χ4v) is 4.12. The first-order chi connectivity index (χ1) is 9.76. The van der Waals surface area contributed by atoms with Gasteiger partial charge in [0.05, 0.1) is 6.54 Å². The smallest absolute Gasteiger partial charge is 0.233 e. The molecule has 0 aliphatic carbocycles. The molecule has 2 unspecified atom stereocenters. The molecule has 3 aliphatic rings. The lowest BCUT2D eigenvalue weighted by Crippen LogP contribution is -2.50. The first kappa shape index (κ1) is 14.3. The Morgan fingerprint density at radius 1 is 1.10 bits per heavy atom. The highest BCUT2D eigenvalue weighted by Crippen LogP contribution is 2.28. The molecule has 2 N–H and O–H groups in total. The van der Waals surface area contributed by atoms with E-state index in [-0.39, 0.29) is 5.91 Å². The molecule has 1 amide bonds. The zero-order chi connectivity index (χ0) is 13.9. The Kier molecular flexibility index (Phi) is 4.58. The number of piperidine rings is 1. The van der Waals surface area contributed by atoms with Gasteiger partial charge >= 0.3 is 0 Å². The standard InChI is InChI=1S/C15H28N4O/c1-16-15(20)11-18-8-4-12(5-9-18)17-13-6-10-19-7-2-3-14(13)19/h12-14,17H,2-11H2,1H3,(H,16,20). The highest BCUT2D eigenvalue weighted by Gasteiger charge is 2.38. The molecule has 114 valence electrons. The molecule has 3 saturated heterocycles. The van der Waals surface area contributed by atoms with Gasteiger partial charge in [0, 0.05) is 44.8 Å². The van der Waals surface area contributed by atoms with Gasteiger partial charge in [-0.05, 0) is 38.6 Å². The molecule has 0 aromatic heterocycles. The Morgan fingerprint density at radius 3 is 2.65 bits per heavy atom. The summed E-state index contributed by atoms with van der Waals surface area (Å²) in [6, 6.07) is 2.17. The molecular formula is C15H28N4O. The van der Waals surface area contributed by atoms with Gasteiger partial charge in [0.25, 0.3) is 0 Å². The van der Waals surface area contributed by atoms with Crippen LogP contribution in [0.1, 0.15) is 32.1 Å². The third-order valence-electron chi connectivity index (χ3n) is 5.29. The van der Waals surface area contributed by atoms with Crippen molar-refractivity contribution in [2.75, 3.05) is 39.8 Å². The molecule has 0 saturated carbocycles. The zero-order valence-electron chi connectivity index (χ0n) is 12.6. The molecule has 0 bridgehead atoms. The summed E-state index contributed by atoms with van der Waals surface area (Å²) in [6.45, 7) is 5.26. The van der Waals surface area contributed by atoms with Gasteiger partial charge in [0.15, 0.2) is 0 Å². The topological polar surface area (TPSA) is 47.6 Å². The van der Waals surface area contributed by atoms with Crippen molar-refractivity contribution in [1.82, 2.24) is 20.4 Å². The number of likely N-dealkylation sites (N-methyl/N-ethyl adjacent to an activating group) is 1. The van der Waals surface area contributed by atoms with Gasteiger partial charge in [0.2, 0.25) is 5.91 Å². The molecule has 0 aromatic rings. The van der Waals surface area contributed by atoms with E-state index in [9.17, 15) is 4.79 Å². The van der Waals surface area contributed by atoms with Gasteiger partial charge in [-0.1, -0.05) is 0 Å². The highest BCUT2D eigenvalue weighted by atomic mass is 16.1. The summed E-state index contributed by atoms with van der Waals surface area (Å²) in [5.41, 5.74) is 0. The molecule has 0 aromatic carbocycles. The first-order valence-corrected chi connectivity index (χ1v) is 8.19. The van der Waals surface area contributed by atoms with Gasteiger partial charge in [0.1, 0.15) is 0 Å². The number of fused-ring (bicyclic) bond motifs is 1. The first-order valence-electron chi connectivity index (χ1n) is 8.19. The van der Waals surface area contributed by atoms with E-state index in [1.807, 2.05) is 0 Å². The van der Waals surface area contributed by atoms with Crippen LogP contribution in [0.15, 0.2) is 0 Å². The molecule has 2 atom stereocenters. The molecule has 0 radical (unpaired) electrons. The van der Waals surface area contributed by atoms with Crippen LogP contribution in [0.5, 0.6) is 0 Å². The molecule has 0 spiro atoms. The number of nitrogens with one attached hydrogen (secondary N) is 2. The maximum Gasteiger partial charge on any atom is 0.233 e. The summed E-state index contributed by atoms with van der Waals surface area (Å²) in [5, 5.41) is 6.61. The average molecular weight is 280 g/mol. The van der Waals surface area contributed by atoms with Crippen molar-refractivity contribution in [3.63, 3.8) is 0 Å². The Bertz CT molecular complexity index is 341. The van der Waals surface area contributed by atoms with Crippen LogP contribution in [0.3, 0.4) is 0 Å². The summed E-state index contributed by atoms with van der Waals surface area (Å²) in [4.78, 5) is 16.3. The van der Waals surface area contributed by atoms with Crippen molar-refractivity contribution in [3.8, 4) is 0 Å². The van der Waals surface area contributed by atoms with E-state index in [1.165, 1.54) is 45.2 Å². The fraction of sp³-hybridized carbons (Fsp3) is 0.933. The van der Waals surface area contributed by atoms with E-state index in [0.29, 0.717) is 18.6 Å².